The van der Waals surface area contributed by atoms with E-state index in [1.54, 1.807) is 7.11 Å². The van der Waals surface area contributed by atoms with Gasteiger partial charge in [0.15, 0.2) is 0 Å². The number of methoxy groups -OCH3 is 1. The van der Waals surface area contributed by atoms with Gasteiger partial charge in [0.1, 0.15) is 0 Å². The monoisotopic (exact) mass is 210 g/mol. The number of nitrogens with one attached hydrogen (secondary N) is 1. The van der Waals surface area contributed by atoms with Crippen molar-refractivity contribution in [2.75, 3.05) is 46.9 Å². The SMILES string of the molecule is C#CCN(C)CC1(COC)CCNCC1. The first-order valence-electron chi connectivity index (χ1n) is 5.54. The molecule has 0 radical (unpaired) electrons. The van der Waals surface area contributed by atoms with Crippen molar-refractivity contribution in [3.05, 3.63) is 0 Å². The maximum atomic E-state index is 5.36. The standard InChI is InChI=1S/C12H22N2O/c1-4-9-14(2)10-12(11-15-3)5-7-13-8-6-12/h1,13H,5-11H2,2-3H3. The molecule has 1 aliphatic rings. The molecule has 1 fully saturated rings. The average molecular weight is 210 g/mol. The van der Waals surface area contributed by atoms with Gasteiger partial charge in [-0.25, -0.2) is 0 Å². The Bertz CT molecular complexity index is 211. The van der Waals surface area contributed by atoms with Crippen LogP contribution in [0.25, 0.3) is 0 Å². The van der Waals surface area contributed by atoms with Gasteiger partial charge < -0.3 is 10.1 Å². The third-order valence-corrected chi connectivity index (χ3v) is 3.08. The fraction of sp³-hybridized carbons (Fsp3) is 0.833. The fourth-order valence-electron chi connectivity index (χ4n) is 2.40. The molecule has 0 atom stereocenters. The highest BCUT2D eigenvalue weighted by Crippen LogP contribution is 2.29. The quantitative estimate of drug-likeness (QED) is 0.671. The minimum absolute atomic E-state index is 0.297. The maximum absolute atomic E-state index is 5.36. The van der Waals surface area contributed by atoms with E-state index in [9.17, 15) is 0 Å². The molecule has 1 saturated heterocycles. The lowest BCUT2D eigenvalue weighted by molar-refractivity contribution is 0.0313. The summed E-state index contributed by atoms with van der Waals surface area (Å²) in [5.41, 5.74) is 0.297. The number of ether oxygens (including phenoxy) is 1. The number of piperidine rings is 1. The van der Waals surface area contributed by atoms with Crippen LogP contribution in [0.1, 0.15) is 12.8 Å². The Kier molecular flexibility index (Phi) is 5.10. The van der Waals surface area contributed by atoms with Crippen LogP contribution in [0.2, 0.25) is 0 Å². The second-order valence-electron chi connectivity index (χ2n) is 4.56. The van der Waals surface area contributed by atoms with E-state index in [1.807, 2.05) is 0 Å². The first kappa shape index (κ1) is 12.5. The fourth-order valence-corrected chi connectivity index (χ4v) is 2.40. The zero-order valence-electron chi connectivity index (χ0n) is 9.88. The summed E-state index contributed by atoms with van der Waals surface area (Å²) in [6, 6.07) is 0. The Labute approximate surface area is 93.2 Å². The lowest BCUT2D eigenvalue weighted by Crippen LogP contribution is -2.46. The Hall–Kier alpha value is -0.560. The molecule has 0 spiro atoms. The molecule has 0 bridgehead atoms. The van der Waals surface area contributed by atoms with Crippen LogP contribution in [-0.4, -0.2) is 51.8 Å². The van der Waals surface area contributed by atoms with Crippen molar-refractivity contribution in [2.45, 2.75) is 12.8 Å². The molecule has 0 aromatic heterocycles. The van der Waals surface area contributed by atoms with Crippen molar-refractivity contribution in [3.63, 3.8) is 0 Å². The summed E-state index contributed by atoms with van der Waals surface area (Å²) in [5.74, 6) is 2.69. The van der Waals surface area contributed by atoms with E-state index in [0.29, 0.717) is 5.41 Å². The summed E-state index contributed by atoms with van der Waals surface area (Å²) in [4.78, 5) is 2.21. The first-order chi connectivity index (χ1) is 7.22. The minimum atomic E-state index is 0.297. The number of nitrogens with zero attached hydrogens (tertiary/aromatic N) is 1. The molecule has 1 aliphatic heterocycles. The molecule has 0 saturated carbocycles. The molecular formula is C12H22N2O. The lowest BCUT2D eigenvalue weighted by atomic mass is 9.79. The van der Waals surface area contributed by atoms with Gasteiger partial charge in [-0.15, -0.1) is 6.42 Å². The topological polar surface area (TPSA) is 24.5 Å². The van der Waals surface area contributed by atoms with Crippen LogP contribution in [-0.2, 0) is 4.74 Å². The van der Waals surface area contributed by atoms with E-state index in [1.165, 1.54) is 12.8 Å². The van der Waals surface area contributed by atoms with E-state index in [-0.39, 0.29) is 0 Å². The van der Waals surface area contributed by atoms with Gasteiger partial charge in [-0.2, -0.15) is 0 Å². The van der Waals surface area contributed by atoms with E-state index in [2.05, 4.69) is 23.2 Å². The highest BCUT2D eigenvalue weighted by atomic mass is 16.5. The summed E-state index contributed by atoms with van der Waals surface area (Å²) in [6.07, 6.45) is 7.67. The highest BCUT2D eigenvalue weighted by Gasteiger charge is 2.32. The van der Waals surface area contributed by atoms with Crippen LogP contribution < -0.4 is 5.32 Å². The van der Waals surface area contributed by atoms with Gasteiger partial charge in [0.05, 0.1) is 13.2 Å². The van der Waals surface area contributed by atoms with Crippen LogP contribution in [0.15, 0.2) is 0 Å². The molecule has 0 amide bonds. The molecule has 1 rings (SSSR count). The zero-order chi connectivity index (χ0) is 11.1. The van der Waals surface area contributed by atoms with Crippen molar-refractivity contribution in [1.29, 1.82) is 0 Å². The molecule has 3 heteroatoms. The van der Waals surface area contributed by atoms with Gasteiger partial charge in [0, 0.05) is 19.1 Å². The molecule has 0 aromatic rings. The summed E-state index contributed by atoms with van der Waals surface area (Å²) >= 11 is 0. The number of rotatable bonds is 5. The number of terminal acetylenes is 1. The van der Waals surface area contributed by atoms with Crippen LogP contribution in [0, 0.1) is 17.8 Å². The van der Waals surface area contributed by atoms with Crippen molar-refractivity contribution in [1.82, 2.24) is 10.2 Å². The van der Waals surface area contributed by atoms with Gasteiger partial charge in [-0.1, -0.05) is 5.92 Å². The lowest BCUT2D eigenvalue weighted by Gasteiger charge is -2.39. The van der Waals surface area contributed by atoms with Gasteiger partial charge >= 0.3 is 0 Å². The van der Waals surface area contributed by atoms with Crippen LogP contribution in [0.5, 0.6) is 0 Å². The Morgan fingerprint density at radius 2 is 2.13 bits per heavy atom. The average Bonchev–Trinajstić information content (AvgIpc) is 2.19. The summed E-state index contributed by atoms with van der Waals surface area (Å²) in [7, 11) is 3.87. The summed E-state index contributed by atoms with van der Waals surface area (Å²) < 4.78 is 5.36. The molecule has 86 valence electrons. The van der Waals surface area contributed by atoms with Gasteiger partial charge in [-0.05, 0) is 33.0 Å². The minimum Gasteiger partial charge on any atom is -0.384 e. The van der Waals surface area contributed by atoms with Crippen LogP contribution in [0.4, 0.5) is 0 Å². The smallest absolute Gasteiger partial charge is 0.0596 e. The third kappa shape index (κ3) is 3.83. The van der Waals surface area contributed by atoms with Crippen molar-refractivity contribution < 1.29 is 4.74 Å². The molecule has 1 heterocycles. The predicted molar refractivity (Wildman–Crippen MR) is 62.7 cm³/mol. The normalized spacial score (nSPS) is 20.1. The summed E-state index contributed by atoms with van der Waals surface area (Å²) in [5, 5.41) is 3.39. The molecule has 3 nitrogen and oxygen atoms in total. The van der Waals surface area contributed by atoms with Crippen molar-refractivity contribution in [3.8, 4) is 12.3 Å². The van der Waals surface area contributed by atoms with Crippen LogP contribution >= 0.6 is 0 Å². The molecule has 15 heavy (non-hydrogen) atoms. The van der Waals surface area contributed by atoms with E-state index in [0.717, 1.165) is 32.8 Å². The second kappa shape index (κ2) is 6.12. The number of hydrogen-bond acceptors (Lipinski definition) is 3. The number of hydrogen-bond donors (Lipinski definition) is 1. The maximum Gasteiger partial charge on any atom is 0.0596 e. The predicted octanol–water partition coefficient (Wildman–Crippen LogP) is 0.568. The van der Waals surface area contributed by atoms with Crippen molar-refractivity contribution >= 4 is 0 Å². The van der Waals surface area contributed by atoms with Crippen LogP contribution in [0.3, 0.4) is 0 Å². The van der Waals surface area contributed by atoms with E-state index >= 15 is 0 Å². The Balaban J connectivity index is 2.52. The second-order valence-corrected chi connectivity index (χ2v) is 4.56. The third-order valence-electron chi connectivity index (χ3n) is 3.08. The Morgan fingerprint density at radius 1 is 1.47 bits per heavy atom. The molecule has 1 N–H and O–H groups in total. The molecule has 0 aromatic carbocycles. The van der Waals surface area contributed by atoms with E-state index in [4.69, 9.17) is 11.2 Å². The molecule has 0 aliphatic carbocycles. The highest BCUT2D eigenvalue weighted by molar-refractivity contribution is 4.92. The Morgan fingerprint density at radius 3 is 2.67 bits per heavy atom. The van der Waals surface area contributed by atoms with Gasteiger partial charge in [0.2, 0.25) is 0 Å². The van der Waals surface area contributed by atoms with Gasteiger partial charge in [0.25, 0.3) is 0 Å². The van der Waals surface area contributed by atoms with E-state index < -0.39 is 0 Å². The summed E-state index contributed by atoms with van der Waals surface area (Å²) in [6.45, 7) is 4.77. The molecular weight excluding hydrogens is 188 g/mol. The van der Waals surface area contributed by atoms with Crippen molar-refractivity contribution in [2.24, 2.45) is 5.41 Å². The van der Waals surface area contributed by atoms with Gasteiger partial charge in [-0.3, -0.25) is 4.90 Å². The largest absolute Gasteiger partial charge is 0.384 e. The first-order valence-corrected chi connectivity index (χ1v) is 5.54. The molecule has 0 unspecified atom stereocenters. The zero-order valence-corrected chi connectivity index (χ0v) is 9.88.